The second-order valence-corrected chi connectivity index (χ2v) is 6.16. The molecule has 1 unspecified atom stereocenters. The lowest BCUT2D eigenvalue weighted by Crippen LogP contribution is -2.39. The van der Waals surface area contributed by atoms with Crippen LogP contribution in [0.1, 0.15) is 58.7 Å². The maximum absolute atomic E-state index is 12.9. The van der Waals surface area contributed by atoms with Crippen LogP contribution >= 0.6 is 0 Å². The largest absolute Gasteiger partial charge is 0.323 e. The molecular formula is C17H30FN3. The van der Waals surface area contributed by atoms with Gasteiger partial charge in [0.2, 0.25) is 0 Å². The molecule has 1 aromatic heterocycles. The van der Waals surface area contributed by atoms with Gasteiger partial charge in [0.15, 0.2) is 0 Å². The SMILES string of the molecule is CCC(CC)N(CCC(N)c1ccc(F)cn1)CC(C)C. The molecule has 0 radical (unpaired) electrons. The van der Waals surface area contributed by atoms with E-state index in [4.69, 9.17) is 5.73 Å². The molecule has 1 rings (SSSR count). The van der Waals surface area contributed by atoms with E-state index in [2.05, 4.69) is 37.6 Å². The lowest BCUT2D eigenvalue weighted by Gasteiger charge is -2.32. The number of nitrogens with two attached hydrogens (primary N) is 1. The van der Waals surface area contributed by atoms with Gasteiger partial charge in [-0.3, -0.25) is 4.98 Å². The standard InChI is InChI=1S/C17H30FN3/c1-5-15(6-2)21(12-13(3)4)10-9-16(19)17-8-7-14(18)11-20-17/h7-8,11,13,15-16H,5-6,9-10,12,19H2,1-4H3. The first-order valence-electron chi connectivity index (χ1n) is 8.08. The number of hydrogen-bond donors (Lipinski definition) is 1. The highest BCUT2D eigenvalue weighted by Crippen LogP contribution is 2.17. The van der Waals surface area contributed by atoms with Gasteiger partial charge in [0, 0.05) is 25.2 Å². The summed E-state index contributed by atoms with van der Waals surface area (Å²) in [5, 5.41) is 0. The van der Waals surface area contributed by atoms with Crippen molar-refractivity contribution < 1.29 is 4.39 Å². The van der Waals surface area contributed by atoms with Gasteiger partial charge in [-0.15, -0.1) is 0 Å². The number of pyridine rings is 1. The van der Waals surface area contributed by atoms with Crippen molar-refractivity contribution in [3.63, 3.8) is 0 Å². The summed E-state index contributed by atoms with van der Waals surface area (Å²) in [6.07, 6.45) is 4.41. The Morgan fingerprint density at radius 3 is 2.38 bits per heavy atom. The first kappa shape index (κ1) is 18.1. The van der Waals surface area contributed by atoms with Crippen LogP contribution in [0.3, 0.4) is 0 Å². The molecule has 0 amide bonds. The maximum atomic E-state index is 12.9. The van der Waals surface area contributed by atoms with E-state index in [1.807, 2.05) is 0 Å². The summed E-state index contributed by atoms with van der Waals surface area (Å²) in [5.74, 6) is 0.329. The monoisotopic (exact) mass is 295 g/mol. The molecular weight excluding hydrogens is 265 g/mol. The number of halogens is 1. The lowest BCUT2D eigenvalue weighted by molar-refractivity contribution is 0.160. The molecule has 1 atom stereocenters. The van der Waals surface area contributed by atoms with Crippen LogP contribution in [-0.2, 0) is 0 Å². The van der Waals surface area contributed by atoms with Crippen LogP contribution in [0.4, 0.5) is 4.39 Å². The first-order chi connectivity index (χ1) is 9.97. The minimum Gasteiger partial charge on any atom is -0.323 e. The molecule has 0 aromatic carbocycles. The molecule has 0 saturated carbocycles. The minimum absolute atomic E-state index is 0.130. The van der Waals surface area contributed by atoms with E-state index in [0.717, 1.165) is 38.0 Å². The Hall–Kier alpha value is -1.00. The van der Waals surface area contributed by atoms with Crippen LogP contribution < -0.4 is 5.73 Å². The zero-order valence-electron chi connectivity index (χ0n) is 13.8. The first-order valence-corrected chi connectivity index (χ1v) is 8.08. The van der Waals surface area contributed by atoms with Gasteiger partial charge in [-0.25, -0.2) is 4.39 Å². The van der Waals surface area contributed by atoms with Crippen LogP contribution in [0, 0.1) is 11.7 Å². The van der Waals surface area contributed by atoms with E-state index in [0.29, 0.717) is 12.0 Å². The topological polar surface area (TPSA) is 42.1 Å². The number of rotatable bonds is 9. The zero-order valence-corrected chi connectivity index (χ0v) is 13.8. The molecule has 4 heteroatoms. The quantitative estimate of drug-likeness (QED) is 0.754. The van der Waals surface area contributed by atoms with Gasteiger partial charge >= 0.3 is 0 Å². The lowest BCUT2D eigenvalue weighted by atomic mass is 10.0. The van der Waals surface area contributed by atoms with Crippen molar-refractivity contribution in [2.24, 2.45) is 11.7 Å². The molecule has 0 aliphatic rings. The van der Waals surface area contributed by atoms with Gasteiger partial charge in [-0.1, -0.05) is 27.7 Å². The molecule has 1 aromatic rings. The molecule has 0 saturated heterocycles. The van der Waals surface area contributed by atoms with Gasteiger partial charge in [0.1, 0.15) is 5.82 Å². The Balaban J connectivity index is 2.60. The van der Waals surface area contributed by atoms with Crippen molar-refractivity contribution in [3.8, 4) is 0 Å². The van der Waals surface area contributed by atoms with Crippen molar-refractivity contribution >= 4 is 0 Å². The number of nitrogens with zero attached hydrogens (tertiary/aromatic N) is 2. The molecule has 0 bridgehead atoms. The van der Waals surface area contributed by atoms with Gasteiger partial charge in [0.25, 0.3) is 0 Å². The highest BCUT2D eigenvalue weighted by atomic mass is 19.1. The van der Waals surface area contributed by atoms with Gasteiger partial charge in [0.05, 0.1) is 11.9 Å². The van der Waals surface area contributed by atoms with Crippen LogP contribution in [0.25, 0.3) is 0 Å². The summed E-state index contributed by atoms with van der Waals surface area (Å²) in [5.41, 5.74) is 6.96. The maximum Gasteiger partial charge on any atom is 0.141 e. The molecule has 0 aliphatic heterocycles. The van der Waals surface area contributed by atoms with E-state index in [-0.39, 0.29) is 11.9 Å². The molecule has 120 valence electrons. The highest BCUT2D eigenvalue weighted by molar-refractivity contribution is 5.09. The fourth-order valence-corrected chi connectivity index (χ4v) is 2.76. The van der Waals surface area contributed by atoms with E-state index in [1.165, 1.54) is 12.3 Å². The predicted molar refractivity (Wildman–Crippen MR) is 86.5 cm³/mol. The van der Waals surface area contributed by atoms with Gasteiger partial charge < -0.3 is 10.6 Å². The van der Waals surface area contributed by atoms with E-state index in [9.17, 15) is 4.39 Å². The Kier molecular flexibility index (Phi) is 7.83. The van der Waals surface area contributed by atoms with E-state index < -0.39 is 0 Å². The molecule has 2 N–H and O–H groups in total. The molecule has 0 spiro atoms. The number of hydrogen-bond acceptors (Lipinski definition) is 3. The smallest absolute Gasteiger partial charge is 0.141 e. The molecule has 0 aliphatic carbocycles. The fourth-order valence-electron chi connectivity index (χ4n) is 2.76. The van der Waals surface area contributed by atoms with Gasteiger partial charge in [-0.05, 0) is 37.3 Å². The fraction of sp³-hybridized carbons (Fsp3) is 0.706. The summed E-state index contributed by atoms with van der Waals surface area (Å²) in [7, 11) is 0. The molecule has 1 heterocycles. The Morgan fingerprint density at radius 1 is 1.24 bits per heavy atom. The van der Waals surface area contributed by atoms with Gasteiger partial charge in [-0.2, -0.15) is 0 Å². The van der Waals surface area contributed by atoms with Crippen molar-refractivity contribution in [3.05, 3.63) is 29.8 Å². The highest BCUT2D eigenvalue weighted by Gasteiger charge is 2.18. The molecule has 0 fully saturated rings. The van der Waals surface area contributed by atoms with Crippen molar-refractivity contribution in [2.45, 2.75) is 59.0 Å². The van der Waals surface area contributed by atoms with Crippen molar-refractivity contribution in [2.75, 3.05) is 13.1 Å². The van der Waals surface area contributed by atoms with Crippen LogP contribution in [0.15, 0.2) is 18.3 Å². The second-order valence-electron chi connectivity index (χ2n) is 6.16. The Labute approximate surface area is 128 Å². The third-order valence-corrected chi connectivity index (χ3v) is 3.92. The third kappa shape index (κ3) is 6.10. The predicted octanol–water partition coefficient (Wildman–Crippen LogP) is 3.76. The normalized spacial score (nSPS) is 13.4. The van der Waals surface area contributed by atoms with Crippen LogP contribution in [0.2, 0.25) is 0 Å². The molecule has 21 heavy (non-hydrogen) atoms. The van der Waals surface area contributed by atoms with E-state index >= 15 is 0 Å². The second kappa shape index (κ2) is 9.11. The third-order valence-electron chi connectivity index (χ3n) is 3.92. The Bertz CT molecular complexity index is 388. The Morgan fingerprint density at radius 2 is 1.90 bits per heavy atom. The molecule has 3 nitrogen and oxygen atoms in total. The summed E-state index contributed by atoms with van der Waals surface area (Å²) in [6, 6.07) is 3.59. The van der Waals surface area contributed by atoms with Crippen LogP contribution in [0.5, 0.6) is 0 Å². The minimum atomic E-state index is -0.315. The average molecular weight is 295 g/mol. The summed E-state index contributed by atoms with van der Waals surface area (Å²) in [4.78, 5) is 6.62. The average Bonchev–Trinajstić information content (AvgIpc) is 2.45. The summed E-state index contributed by atoms with van der Waals surface area (Å²) < 4.78 is 12.9. The zero-order chi connectivity index (χ0) is 15.8. The van der Waals surface area contributed by atoms with Crippen molar-refractivity contribution in [1.29, 1.82) is 0 Å². The number of aromatic nitrogens is 1. The van der Waals surface area contributed by atoms with Crippen molar-refractivity contribution in [1.82, 2.24) is 9.88 Å². The van der Waals surface area contributed by atoms with Crippen LogP contribution in [-0.4, -0.2) is 29.0 Å². The summed E-state index contributed by atoms with van der Waals surface area (Å²) >= 11 is 0. The van der Waals surface area contributed by atoms with E-state index in [1.54, 1.807) is 6.07 Å². The summed E-state index contributed by atoms with van der Waals surface area (Å²) in [6.45, 7) is 11.0.